The van der Waals surface area contributed by atoms with Crippen LogP contribution in [0.5, 0.6) is 0 Å². The van der Waals surface area contributed by atoms with E-state index in [4.69, 9.17) is 4.98 Å². The number of nitrogens with zero attached hydrogens (tertiary/aromatic N) is 4. The molecule has 0 aliphatic heterocycles. The Morgan fingerprint density at radius 1 is 0.463 bits per heavy atom. The van der Waals surface area contributed by atoms with Gasteiger partial charge in [-0.25, -0.2) is 4.98 Å². The van der Waals surface area contributed by atoms with E-state index in [-0.39, 0.29) is 0 Å². The van der Waals surface area contributed by atoms with Crippen molar-refractivity contribution in [3.8, 4) is 28.1 Å². The van der Waals surface area contributed by atoms with Gasteiger partial charge in [-0.15, -0.1) is 0 Å². The Labute approximate surface area is 314 Å². The number of para-hydroxylation sites is 3. The third-order valence-electron chi connectivity index (χ3n) is 10.6. The van der Waals surface area contributed by atoms with E-state index in [0.717, 1.165) is 50.2 Å². The van der Waals surface area contributed by atoms with Crippen LogP contribution in [0.2, 0.25) is 0 Å². The third-order valence-corrected chi connectivity index (χ3v) is 10.6. The Bertz CT molecular complexity index is 2940. The molecule has 0 bridgehead atoms. The van der Waals surface area contributed by atoms with Gasteiger partial charge >= 0.3 is 0 Å². The van der Waals surface area contributed by atoms with Gasteiger partial charge in [0.15, 0.2) is 0 Å². The number of aryl methyl sites for hydroxylation is 2. The van der Waals surface area contributed by atoms with E-state index in [1.54, 1.807) is 0 Å². The van der Waals surface area contributed by atoms with Gasteiger partial charge < -0.3 is 9.47 Å². The van der Waals surface area contributed by atoms with E-state index >= 15 is 0 Å². The van der Waals surface area contributed by atoms with Gasteiger partial charge in [0, 0.05) is 56.1 Å². The van der Waals surface area contributed by atoms with Gasteiger partial charge in [0.1, 0.15) is 0 Å². The number of pyridine rings is 2. The Morgan fingerprint density at radius 3 is 1.81 bits per heavy atom. The Hall–Kier alpha value is -7.04. The SMILES string of the molecule is Cc1cc(-c2ccc(-n3c4ccccc4c4cc(N(c5ccccc5)c5ccccc5)ccc43)cc2)cc(C)c1-c1ccc2ccc3cccnc3c2n1. The maximum Gasteiger partial charge on any atom is 0.0972 e. The van der Waals surface area contributed by atoms with Crippen LogP contribution in [0, 0.1) is 13.8 Å². The Kier molecular flexibility index (Phi) is 7.55. The lowest BCUT2D eigenvalue weighted by molar-refractivity contribution is 1.18. The highest BCUT2D eigenvalue weighted by Crippen LogP contribution is 2.40. The number of hydrogen-bond donors (Lipinski definition) is 0. The monoisotopic (exact) mass is 692 g/mol. The number of benzene rings is 7. The van der Waals surface area contributed by atoms with Crippen molar-refractivity contribution in [1.29, 1.82) is 0 Å². The van der Waals surface area contributed by atoms with E-state index < -0.39 is 0 Å². The topological polar surface area (TPSA) is 34.0 Å². The number of rotatable bonds is 6. The minimum atomic E-state index is 0.939. The van der Waals surface area contributed by atoms with Crippen LogP contribution in [0.15, 0.2) is 182 Å². The first-order valence-electron chi connectivity index (χ1n) is 18.4. The molecule has 7 aromatic carbocycles. The molecule has 0 amide bonds. The van der Waals surface area contributed by atoms with E-state index in [9.17, 15) is 0 Å². The largest absolute Gasteiger partial charge is 0.310 e. The van der Waals surface area contributed by atoms with Crippen molar-refractivity contribution in [3.63, 3.8) is 0 Å². The van der Waals surface area contributed by atoms with E-state index in [1.807, 2.05) is 12.3 Å². The van der Waals surface area contributed by atoms with Crippen molar-refractivity contribution in [1.82, 2.24) is 14.5 Å². The lowest BCUT2D eigenvalue weighted by atomic mass is 9.93. The fraction of sp³-hybridized carbons (Fsp3) is 0.0400. The molecule has 10 aromatic rings. The van der Waals surface area contributed by atoms with E-state index in [2.05, 4.69) is 198 Å². The average molecular weight is 693 g/mol. The number of hydrogen-bond acceptors (Lipinski definition) is 3. The molecule has 4 nitrogen and oxygen atoms in total. The second-order valence-electron chi connectivity index (χ2n) is 14.0. The maximum atomic E-state index is 5.17. The summed E-state index contributed by atoms with van der Waals surface area (Å²) in [5, 5.41) is 4.65. The van der Waals surface area contributed by atoms with Gasteiger partial charge in [0.05, 0.1) is 27.8 Å². The molecule has 0 saturated carbocycles. The molecule has 54 heavy (non-hydrogen) atoms. The number of anilines is 3. The zero-order valence-electron chi connectivity index (χ0n) is 30.1. The predicted molar refractivity (Wildman–Crippen MR) is 226 cm³/mol. The quantitative estimate of drug-likeness (QED) is 0.163. The summed E-state index contributed by atoms with van der Waals surface area (Å²) in [6.07, 6.45) is 1.84. The number of aromatic nitrogens is 3. The second kappa shape index (κ2) is 12.9. The van der Waals surface area contributed by atoms with Crippen molar-refractivity contribution < 1.29 is 0 Å². The first kappa shape index (κ1) is 31.7. The summed E-state index contributed by atoms with van der Waals surface area (Å²) in [6.45, 7) is 4.38. The maximum absolute atomic E-state index is 5.17. The highest BCUT2D eigenvalue weighted by molar-refractivity contribution is 6.11. The summed E-state index contributed by atoms with van der Waals surface area (Å²) in [7, 11) is 0. The number of fused-ring (bicyclic) bond motifs is 6. The van der Waals surface area contributed by atoms with Crippen LogP contribution in [-0.4, -0.2) is 14.5 Å². The van der Waals surface area contributed by atoms with Crippen LogP contribution >= 0.6 is 0 Å². The van der Waals surface area contributed by atoms with Crippen molar-refractivity contribution in [3.05, 3.63) is 193 Å². The molecule has 3 aromatic heterocycles. The molecule has 0 aliphatic rings. The summed E-state index contributed by atoms with van der Waals surface area (Å²) in [4.78, 5) is 12.2. The molecule has 4 heteroatoms. The second-order valence-corrected chi connectivity index (χ2v) is 14.0. The third kappa shape index (κ3) is 5.31. The summed E-state index contributed by atoms with van der Waals surface area (Å²) < 4.78 is 2.39. The van der Waals surface area contributed by atoms with Gasteiger partial charge in [-0.3, -0.25) is 4.98 Å². The van der Waals surface area contributed by atoms with Gasteiger partial charge in [-0.2, -0.15) is 0 Å². The first-order valence-corrected chi connectivity index (χ1v) is 18.4. The lowest BCUT2D eigenvalue weighted by Gasteiger charge is -2.25. The zero-order chi connectivity index (χ0) is 36.2. The zero-order valence-corrected chi connectivity index (χ0v) is 30.1. The van der Waals surface area contributed by atoms with Gasteiger partial charge in [-0.05, 0) is 109 Å². The normalized spacial score (nSPS) is 11.5. The van der Waals surface area contributed by atoms with Crippen LogP contribution in [-0.2, 0) is 0 Å². The van der Waals surface area contributed by atoms with Gasteiger partial charge in [0.2, 0.25) is 0 Å². The van der Waals surface area contributed by atoms with Crippen LogP contribution < -0.4 is 4.90 Å². The van der Waals surface area contributed by atoms with Crippen LogP contribution in [0.4, 0.5) is 17.1 Å². The molecule has 0 fully saturated rings. The molecule has 256 valence electrons. The molecule has 0 atom stereocenters. The van der Waals surface area contributed by atoms with Crippen LogP contribution in [0.25, 0.3) is 71.7 Å². The molecular weight excluding hydrogens is 657 g/mol. The minimum absolute atomic E-state index is 0.939. The Balaban J connectivity index is 1.03. The molecule has 0 unspecified atom stereocenters. The standard InChI is InChI=1S/C50H36N4/c1-33-30-38(31-34(2)48(33)45-27-23-37-20-19-36-12-11-29-51-49(36)50(37)52-45)35-21-24-41(25-22-35)54-46-18-10-9-17-43(46)44-32-42(26-28-47(44)54)53(39-13-5-3-6-14-39)40-15-7-4-8-16-40/h3-32H,1-2H3. The van der Waals surface area contributed by atoms with Crippen molar-refractivity contribution in [2.45, 2.75) is 13.8 Å². The average Bonchev–Trinajstić information content (AvgIpc) is 3.55. The molecule has 0 radical (unpaired) electrons. The first-order chi connectivity index (χ1) is 26.6. The molecule has 3 heterocycles. The smallest absolute Gasteiger partial charge is 0.0972 e. The molecular formula is C50H36N4. The van der Waals surface area contributed by atoms with Crippen LogP contribution in [0.1, 0.15) is 11.1 Å². The van der Waals surface area contributed by atoms with E-state index in [1.165, 1.54) is 49.6 Å². The fourth-order valence-electron chi connectivity index (χ4n) is 8.18. The van der Waals surface area contributed by atoms with Gasteiger partial charge in [-0.1, -0.05) is 103 Å². The summed E-state index contributed by atoms with van der Waals surface area (Å²) in [5.74, 6) is 0. The lowest BCUT2D eigenvalue weighted by Crippen LogP contribution is -2.09. The van der Waals surface area contributed by atoms with E-state index in [0.29, 0.717) is 0 Å². The van der Waals surface area contributed by atoms with Gasteiger partial charge in [0.25, 0.3) is 0 Å². The fourth-order valence-corrected chi connectivity index (χ4v) is 8.18. The van der Waals surface area contributed by atoms with Crippen LogP contribution in [0.3, 0.4) is 0 Å². The highest BCUT2D eigenvalue weighted by Gasteiger charge is 2.18. The molecule has 0 aliphatic carbocycles. The molecule has 0 saturated heterocycles. The van der Waals surface area contributed by atoms with Crippen molar-refractivity contribution in [2.24, 2.45) is 0 Å². The highest BCUT2D eigenvalue weighted by atomic mass is 15.1. The predicted octanol–water partition coefficient (Wildman–Crippen LogP) is 13.3. The van der Waals surface area contributed by atoms with Crippen molar-refractivity contribution in [2.75, 3.05) is 4.90 Å². The molecule has 10 rings (SSSR count). The summed E-state index contributed by atoms with van der Waals surface area (Å²) in [6, 6.07) is 62.9. The summed E-state index contributed by atoms with van der Waals surface area (Å²) in [5.41, 5.74) is 15.7. The molecule has 0 N–H and O–H groups in total. The Morgan fingerprint density at radius 2 is 1.09 bits per heavy atom. The summed E-state index contributed by atoms with van der Waals surface area (Å²) >= 11 is 0. The minimum Gasteiger partial charge on any atom is -0.310 e. The molecule has 0 spiro atoms. The van der Waals surface area contributed by atoms with Crippen molar-refractivity contribution >= 4 is 60.7 Å².